The highest BCUT2D eigenvalue weighted by molar-refractivity contribution is 6.08. The van der Waals surface area contributed by atoms with Gasteiger partial charge in [0.25, 0.3) is 11.8 Å². The molecule has 0 saturated heterocycles. The molecule has 1 unspecified atom stereocenters. The van der Waals surface area contributed by atoms with Crippen LogP contribution in [0.4, 0.5) is 17.3 Å². The summed E-state index contributed by atoms with van der Waals surface area (Å²) < 4.78 is 10.8. The third kappa shape index (κ3) is 3.03. The van der Waals surface area contributed by atoms with Crippen LogP contribution < -0.4 is 25.4 Å². The number of carbonyl (C=O) groups excluding carboxylic acids is 3. The smallest absolute Gasteiger partial charge is 0.266 e. The summed E-state index contributed by atoms with van der Waals surface area (Å²) in [4.78, 5) is 42.1. The molecule has 0 saturated carbocycles. The second-order valence-electron chi connectivity index (χ2n) is 6.21. The number of rotatable bonds is 3. The second kappa shape index (κ2) is 6.27. The molecule has 0 radical (unpaired) electrons. The Balaban J connectivity index is 1.60. The molecule has 1 atom stereocenters. The van der Waals surface area contributed by atoms with Crippen molar-refractivity contribution in [2.45, 2.75) is 13.0 Å². The zero-order chi connectivity index (χ0) is 19.1. The molecule has 2 amide bonds. The lowest BCUT2D eigenvalue weighted by Crippen LogP contribution is -2.42. The van der Waals surface area contributed by atoms with Crippen molar-refractivity contribution in [3.05, 3.63) is 35.9 Å². The predicted octanol–water partition coefficient (Wildman–Crippen LogP) is 0.992. The summed E-state index contributed by atoms with van der Waals surface area (Å²) in [5.74, 6) is 0.297. The van der Waals surface area contributed by atoms with E-state index in [0.717, 1.165) is 0 Å². The Hall–Kier alpha value is -3.62. The van der Waals surface area contributed by atoms with Gasteiger partial charge in [0.15, 0.2) is 30.1 Å². The van der Waals surface area contributed by atoms with Gasteiger partial charge in [-0.15, -0.1) is 0 Å². The predicted molar refractivity (Wildman–Crippen MR) is 96.0 cm³/mol. The van der Waals surface area contributed by atoms with Crippen molar-refractivity contribution in [3.8, 4) is 11.5 Å². The highest BCUT2D eigenvalue weighted by Gasteiger charge is 2.30. The number of aromatic nitrogens is 1. The fourth-order valence-corrected chi connectivity index (χ4v) is 2.87. The average Bonchev–Trinajstić information content (AvgIpc) is 2.64. The molecule has 9 nitrogen and oxygen atoms in total. The molecule has 0 spiro atoms. The van der Waals surface area contributed by atoms with Crippen molar-refractivity contribution < 1.29 is 23.9 Å². The molecule has 4 rings (SSSR count). The first-order valence-electron chi connectivity index (χ1n) is 8.27. The molecule has 27 heavy (non-hydrogen) atoms. The van der Waals surface area contributed by atoms with Gasteiger partial charge in [0, 0.05) is 5.56 Å². The lowest BCUT2D eigenvalue weighted by Gasteiger charge is -2.28. The average molecular weight is 368 g/mol. The van der Waals surface area contributed by atoms with E-state index < -0.39 is 12.0 Å². The van der Waals surface area contributed by atoms with E-state index in [1.807, 2.05) is 0 Å². The van der Waals surface area contributed by atoms with Crippen LogP contribution in [-0.2, 0) is 9.59 Å². The van der Waals surface area contributed by atoms with Gasteiger partial charge in [0.1, 0.15) is 11.6 Å². The molecule has 0 aliphatic carbocycles. The maximum Gasteiger partial charge on any atom is 0.266 e. The molecule has 9 heteroatoms. The Bertz CT molecular complexity index is 974. The van der Waals surface area contributed by atoms with Crippen molar-refractivity contribution in [2.24, 2.45) is 0 Å². The largest absolute Gasteiger partial charge is 0.480 e. The van der Waals surface area contributed by atoms with Crippen LogP contribution >= 0.6 is 0 Å². The van der Waals surface area contributed by atoms with Crippen molar-refractivity contribution in [2.75, 3.05) is 29.1 Å². The van der Waals surface area contributed by atoms with E-state index in [0.29, 0.717) is 22.7 Å². The van der Waals surface area contributed by atoms with E-state index in [9.17, 15) is 14.4 Å². The summed E-state index contributed by atoms with van der Waals surface area (Å²) in [6, 6.07) is 7.89. The maximum atomic E-state index is 12.7. The standard InChI is InChI=1S/C18H16N4O5/c1-9-18(25)20-11-6-10(2-3-13(11)27-9)12(23)7-22-16(24)8-26-14-4-5-15(19)21-17(14)22/h2-6,9H,7-8H2,1H3,(H2,19,21)(H,20,25). The summed E-state index contributed by atoms with van der Waals surface area (Å²) in [7, 11) is 0. The zero-order valence-corrected chi connectivity index (χ0v) is 14.4. The van der Waals surface area contributed by atoms with Crippen molar-refractivity contribution in [1.82, 2.24) is 4.98 Å². The van der Waals surface area contributed by atoms with Crippen molar-refractivity contribution >= 4 is 34.9 Å². The Morgan fingerprint density at radius 3 is 2.89 bits per heavy atom. The number of ketones is 1. The van der Waals surface area contributed by atoms with Gasteiger partial charge in [-0.25, -0.2) is 4.98 Å². The maximum absolute atomic E-state index is 12.7. The van der Waals surface area contributed by atoms with E-state index in [1.165, 1.54) is 11.0 Å². The number of nitrogens with two attached hydrogens (primary N) is 1. The van der Waals surface area contributed by atoms with E-state index in [-0.39, 0.29) is 36.5 Å². The normalized spacial score (nSPS) is 18.0. The van der Waals surface area contributed by atoms with Crippen LogP contribution in [0.15, 0.2) is 30.3 Å². The molecule has 1 aromatic heterocycles. The number of carbonyl (C=O) groups is 3. The van der Waals surface area contributed by atoms with Crippen LogP contribution in [0.25, 0.3) is 0 Å². The minimum absolute atomic E-state index is 0.183. The van der Waals surface area contributed by atoms with Gasteiger partial charge in [-0.05, 0) is 37.3 Å². The Morgan fingerprint density at radius 1 is 1.30 bits per heavy atom. The molecule has 2 aliphatic heterocycles. The molecular formula is C18H16N4O5. The molecule has 0 fully saturated rings. The SMILES string of the molecule is CC1Oc2ccc(C(=O)CN3C(=O)COc4ccc(N)nc43)cc2NC1=O. The highest BCUT2D eigenvalue weighted by Crippen LogP contribution is 2.32. The van der Waals surface area contributed by atoms with Gasteiger partial charge in [-0.2, -0.15) is 0 Å². The fraction of sp³-hybridized carbons (Fsp3) is 0.222. The number of ether oxygens (including phenoxy) is 2. The number of hydrogen-bond donors (Lipinski definition) is 2. The molecule has 3 heterocycles. The Kier molecular flexibility index (Phi) is 3.91. The van der Waals surface area contributed by atoms with Gasteiger partial charge in [-0.3, -0.25) is 19.3 Å². The van der Waals surface area contributed by atoms with Crippen LogP contribution in [0.1, 0.15) is 17.3 Å². The van der Waals surface area contributed by atoms with E-state index in [2.05, 4.69) is 10.3 Å². The highest BCUT2D eigenvalue weighted by atomic mass is 16.5. The number of hydrogen-bond acceptors (Lipinski definition) is 7. The summed E-state index contributed by atoms with van der Waals surface area (Å²) in [6.07, 6.45) is -0.599. The lowest BCUT2D eigenvalue weighted by molar-refractivity contribution is -0.123. The van der Waals surface area contributed by atoms with Crippen LogP contribution in [-0.4, -0.2) is 41.8 Å². The van der Waals surface area contributed by atoms with Crippen LogP contribution in [0.2, 0.25) is 0 Å². The summed E-state index contributed by atoms with van der Waals surface area (Å²) in [6.45, 7) is 1.23. The molecule has 138 valence electrons. The molecule has 2 aromatic rings. The van der Waals surface area contributed by atoms with Gasteiger partial charge in [-0.1, -0.05) is 0 Å². The number of nitrogens with zero attached hydrogens (tertiary/aromatic N) is 2. The fourth-order valence-electron chi connectivity index (χ4n) is 2.87. The van der Waals surface area contributed by atoms with Crippen LogP contribution in [0, 0.1) is 0 Å². The number of fused-ring (bicyclic) bond motifs is 2. The first kappa shape index (κ1) is 16.8. The molecule has 3 N–H and O–H groups in total. The minimum atomic E-state index is -0.599. The van der Waals surface area contributed by atoms with E-state index in [4.69, 9.17) is 15.2 Å². The number of nitrogens with one attached hydrogen (secondary N) is 1. The van der Waals surface area contributed by atoms with Gasteiger partial charge < -0.3 is 20.5 Å². The lowest BCUT2D eigenvalue weighted by atomic mass is 10.1. The monoisotopic (exact) mass is 368 g/mol. The van der Waals surface area contributed by atoms with E-state index >= 15 is 0 Å². The summed E-state index contributed by atoms with van der Waals surface area (Å²) >= 11 is 0. The third-order valence-corrected chi connectivity index (χ3v) is 4.30. The number of benzene rings is 1. The van der Waals surface area contributed by atoms with Gasteiger partial charge in [0.05, 0.1) is 12.2 Å². The van der Waals surface area contributed by atoms with Crippen molar-refractivity contribution in [1.29, 1.82) is 0 Å². The molecular weight excluding hydrogens is 352 g/mol. The summed E-state index contributed by atoms with van der Waals surface area (Å²) in [5, 5.41) is 2.69. The van der Waals surface area contributed by atoms with Gasteiger partial charge >= 0.3 is 0 Å². The Morgan fingerprint density at radius 2 is 2.07 bits per heavy atom. The number of nitrogen functional groups attached to an aromatic ring is 1. The first-order valence-corrected chi connectivity index (χ1v) is 8.27. The first-order chi connectivity index (χ1) is 12.9. The van der Waals surface area contributed by atoms with Crippen LogP contribution in [0.5, 0.6) is 11.5 Å². The molecule has 0 bridgehead atoms. The zero-order valence-electron chi connectivity index (χ0n) is 14.4. The number of anilines is 3. The van der Waals surface area contributed by atoms with Crippen LogP contribution in [0.3, 0.4) is 0 Å². The Labute approximate surface area is 154 Å². The number of amides is 2. The number of pyridine rings is 1. The van der Waals surface area contributed by atoms with Crippen molar-refractivity contribution in [3.63, 3.8) is 0 Å². The number of Topliss-reactive ketones (excluding diaryl/α,β-unsaturated/α-hetero) is 1. The molecule has 2 aliphatic rings. The van der Waals surface area contributed by atoms with Gasteiger partial charge in [0.2, 0.25) is 0 Å². The van der Waals surface area contributed by atoms with E-state index in [1.54, 1.807) is 31.2 Å². The topological polar surface area (TPSA) is 124 Å². The quantitative estimate of drug-likeness (QED) is 0.774. The third-order valence-electron chi connectivity index (χ3n) is 4.30. The minimum Gasteiger partial charge on any atom is -0.480 e. The molecule has 1 aromatic carbocycles. The second-order valence-corrected chi connectivity index (χ2v) is 6.21. The summed E-state index contributed by atoms with van der Waals surface area (Å²) in [5.41, 5.74) is 6.44.